The number of aromatic nitrogens is 3. The first-order chi connectivity index (χ1) is 11.7. The van der Waals surface area contributed by atoms with Gasteiger partial charge in [-0.3, -0.25) is 4.79 Å². The summed E-state index contributed by atoms with van der Waals surface area (Å²) < 4.78 is 1.91. The van der Waals surface area contributed by atoms with Crippen LogP contribution < -0.4 is 10.6 Å². The molecule has 7 heteroatoms. The van der Waals surface area contributed by atoms with E-state index in [0.29, 0.717) is 18.3 Å². The summed E-state index contributed by atoms with van der Waals surface area (Å²) >= 11 is 1.70. The second kappa shape index (κ2) is 7.81. The number of nitrogens with zero attached hydrogens (tertiary/aromatic N) is 3. The molecule has 1 aromatic heterocycles. The van der Waals surface area contributed by atoms with Crippen molar-refractivity contribution in [3.8, 4) is 0 Å². The van der Waals surface area contributed by atoms with E-state index in [2.05, 4.69) is 33.1 Å². The maximum Gasteiger partial charge on any atom is 0.274 e. The number of carbonyl (C=O) groups excluding carboxylic acids is 1. The van der Waals surface area contributed by atoms with E-state index in [1.54, 1.807) is 11.8 Å². The normalized spacial score (nSPS) is 15.4. The van der Waals surface area contributed by atoms with Gasteiger partial charge in [0.1, 0.15) is 0 Å². The number of rotatable bonds is 5. The van der Waals surface area contributed by atoms with Gasteiger partial charge in [-0.05, 0) is 56.8 Å². The van der Waals surface area contributed by atoms with Crippen molar-refractivity contribution >= 4 is 17.7 Å². The number of benzene rings is 1. The van der Waals surface area contributed by atoms with Crippen LogP contribution in [0.4, 0.5) is 0 Å². The van der Waals surface area contributed by atoms with Crippen LogP contribution in [0.1, 0.15) is 40.6 Å². The van der Waals surface area contributed by atoms with E-state index < -0.39 is 0 Å². The quantitative estimate of drug-likeness (QED) is 0.813. The standard InChI is InChI=1S/C17H23N5OS/c1-12-16(20-21-22(12)14-7-9-18-10-8-14)17(23)19-11-13-3-5-15(24-2)6-4-13/h3-6,14,18H,7-11H2,1-2H3,(H,19,23). The molecule has 0 aliphatic carbocycles. The predicted octanol–water partition coefficient (Wildman–Crippen LogP) is 2.16. The fourth-order valence-corrected chi connectivity index (χ4v) is 3.37. The molecular formula is C17H23N5OS. The fourth-order valence-electron chi connectivity index (χ4n) is 2.96. The minimum Gasteiger partial charge on any atom is -0.347 e. The monoisotopic (exact) mass is 345 g/mol. The minimum atomic E-state index is -0.165. The SMILES string of the molecule is CSc1ccc(CNC(=O)c2nnn(C3CCNCC3)c2C)cc1. The van der Waals surface area contributed by atoms with Crippen LogP contribution in [0, 0.1) is 6.92 Å². The average molecular weight is 345 g/mol. The Labute approximate surface area is 146 Å². The smallest absolute Gasteiger partial charge is 0.274 e. The van der Waals surface area contributed by atoms with E-state index in [1.807, 2.05) is 30.0 Å². The lowest BCUT2D eigenvalue weighted by atomic mass is 10.1. The van der Waals surface area contributed by atoms with Crippen LogP contribution in [0.25, 0.3) is 0 Å². The highest BCUT2D eigenvalue weighted by molar-refractivity contribution is 7.98. The Hall–Kier alpha value is -1.86. The summed E-state index contributed by atoms with van der Waals surface area (Å²) in [6.45, 7) is 4.38. The first-order valence-electron chi connectivity index (χ1n) is 8.22. The van der Waals surface area contributed by atoms with Crippen molar-refractivity contribution in [2.75, 3.05) is 19.3 Å². The third kappa shape index (κ3) is 3.79. The molecule has 128 valence electrons. The van der Waals surface area contributed by atoms with E-state index in [-0.39, 0.29) is 5.91 Å². The molecule has 0 radical (unpaired) electrons. The molecule has 2 N–H and O–H groups in total. The zero-order chi connectivity index (χ0) is 16.9. The second-order valence-corrected chi connectivity index (χ2v) is 6.86. The molecule has 0 saturated carbocycles. The van der Waals surface area contributed by atoms with E-state index in [0.717, 1.165) is 37.2 Å². The number of thioether (sulfide) groups is 1. The topological polar surface area (TPSA) is 71.8 Å². The van der Waals surface area contributed by atoms with Gasteiger partial charge in [-0.15, -0.1) is 16.9 Å². The maximum atomic E-state index is 12.4. The van der Waals surface area contributed by atoms with Gasteiger partial charge in [-0.1, -0.05) is 17.3 Å². The van der Waals surface area contributed by atoms with Gasteiger partial charge in [0, 0.05) is 11.4 Å². The van der Waals surface area contributed by atoms with Gasteiger partial charge in [0.05, 0.1) is 11.7 Å². The number of hydrogen-bond donors (Lipinski definition) is 2. The Bertz CT molecular complexity index is 692. The summed E-state index contributed by atoms with van der Waals surface area (Å²) in [6.07, 6.45) is 4.09. The van der Waals surface area contributed by atoms with Gasteiger partial charge in [-0.25, -0.2) is 4.68 Å². The highest BCUT2D eigenvalue weighted by Gasteiger charge is 2.22. The number of piperidine rings is 1. The first kappa shape index (κ1) is 17.0. The molecule has 0 bridgehead atoms. The summed E-state index contributed by atoms with van der Waals surface area (Å²) in [5.41, 5.74) is 2.34. The van der Waals surface area contributed by atoms with Crippen molar-refractivity contribution < 1.29 is 4.79 Å². The Morgan fingerprint density at radius 1 is 1.33 bits per heavy atom. The third-order valence-corrected chi connectivity index (χ3v) is 5.15. The zero-order valence-corrected chi connectivity index (χ0v) is 14.9. The molecule has 0 atom stereocenters. The van der Waals surface area contributed by atoms with Crippen molar-refractivity contribution in [1.29, 1.82) is 0 Å². The molecule has 3 rings (SSSR count). The molecule has 24 heavy (non-hydrogen) atoms. The van der Waals surface area contributed by atoms with Crippen molar-refractivity contribution in [2.45, 2.75) is 37.2 Å². The van der Waals surface area contributed by atoms with Gasteiger partial charge < -0.3 is 10.6 Å². The molecule has 1 aliphatic rings. The Morgan fingerprint density at radius 3 is 2.71 bits per heavy atom. The highest BCUT2D eigenvalue weighted by Crippen LogP contribution is 2.20. The molecule has 6 nitrogen and oxygen atoms in total. The van der Waals surface area contributed by atoms with Gasteiger partial charge in [0.15, 0.2) is 5.69 Å². The molecule has 0 spiro atoms. The number of nitrogens with one attached hydrogen (secondary N) is 2. The van der Waals surface area contributed by atoms with Crippen LogP contribution in [0.3, 0.4) is 0 Å². The zero-order valence-electron chi connectivity index (χ0n) is 14.1. The molecule has 0 unspecified atom stereocenters. The Balaban J connectivity index is 1.63. The molecular weight excluding hydrogens is 322 g/mol. The Morgan fingerprint density at radius 2 is 2.04 bits per heavy atom. The van der Waals surface area contributed by atoms with Gasteiger partial charge in [0.25, 0.3) is 5.91 Å². The summed E-state index contributed by atoms with van der Waals surface area (Å²) in [6, 6.07) is 8.52. The molecule has 1 aromatic carbocycles. The largest absolute Gasteiger partial charge is 0.347 e. The first-order valence-corrected chi connectivity index (χ1v) is 9.45. The third-order valence-electron chi connectivity index (χ3n) is 4.41. The lowest BCUT2D eigenvalue weighted by Crippen LogP contribution is -2.30. The van der Waals surface area contributed by atoms with E-state index in [9.17, 15) is 4.79 Å². The number of carbonyl (C=O) groups is 1. The molecule has 1 aliphatic heterocycles. The van der Waals surface area contributed by atoms with Crippen LogP contribution in [0.5, 0.6) is 0 Å². The van der Waals surface area contributed by atoms with Crippen LogP contribution >= 0.6 is 11.8 Å². The lowest BCUT2D eigenvalue weighted by Gasteiger charge is -2.23. The van der Waals surface area contributed by atoms with Gasteiger partial charge in [-0.2, -0.15) is 0 Å². The van der Waals surface area contributed by atoms with Crippen LogP contribution in [-0.2, 0) is 6.54 Å². The summed E-state index contributed by atoms with van der Waals surface area (Å²) in [4.78, 5) is 13.6. The minimum absolute atomic E-state index is 0.165. The summed E-state index contributed by atoms with van der Waals surface area (Å²) in [5, 5.41) is 14.6. The fraction of sp³-hybridized carbons (Fsp3) is 0.471. The van der Waals surface area contributed by atoms with Crippen molar-refractivity contribution in [2.24, 2.45) is 0 Å². The van der Waals surface area contributed by atoms with Gasteiger partial charge in [0.2, 0.25) is 0 Å². The van der Waals surface area contributed by atoms with Crippen molar-refractivity contribution in [3.63, 3.8) is 0 Å². The highest BCUT2D eigenvalue weighted by atomic mass is 32.2. The molecule has 1 saturated heterocycles. The molecule has 1 amide bonds. The second-order valence-electron chi connectivity index (χ2n) is 5.98. The molecule has 2 aromatic rings. The van der Waals surface area contributed by atoms with Crippen molar-refractivity contribution in [3.05, 3.63) is 41.2 Å². The van der Waals surface area contributed by atoms with Crippen LogP contribution in [0.2, 0.25) is 0 Å². The van der Waals surface area contributed by atoms with E-state index >= 15 is 0 Å². The molecule has 1 fully saturated rings. The maximum absolute atomic E-state index is 12.4. The van der Waals surface area contributed by atoms with Crippen molar-refractivity contribution in [1.82, 2.24) is 25.6 Å². The van der Waals surface area contributed by atoms with Crippen LogP contribution in [0.15, 0.2) is 29.2 Å². The van der Waals surface area contributed by atoms with Crippen LogP contribution in [-0.4, -0.2) is 40.2 Å². The average Bonchev–Trinajstić information content (AvgIpc) is 3.02. The number of hydrogen-bond acceptors (Lipinski definition) is 5. The van der Waals surface area contributed by atoms with E-state index in [1.165, 1.54) is 4.90 Å². The van der Waals surface area contributed by atoms with E-state index in [4.69, 9.17) is 0 Å². The summed E-state index contributed by atoms with van der Waals surface area (Å²) in [5.74, 6) is -0.165. The lowest BCUT2D eigenvalue weighted by molar-refractivity contribution is 0.0945. The summed E-state index contributed by atoms with van der Waals surface area (Å²) in [7, 11) is 0. The number of amides is 1. The predicted molar refractivity (Wildman–Crippen MR) is 95.3 cm³/mol. The Kier molecular flexibility index (Phi) is 5.52. The van der Waals surface area contributed by atoms with Gasteiger partial charge >= 0.3 is 0 Å². The molecule has 2 heterocycles.